The molecule has 1 heterocycles. The van der Waals surface area contributed by atoms with Gasteiger partial charge in [0.25, 0.3) is 0 Å². The summed E-state index contributed by atoms with van der Waals surface area (Å²) in [6.45, 7) is 0.0923. The van der Waals surface area contributed by atoms with Crippen molar-refractivity contribution < 1.29 is 13.2 Å². The Labute approximate surface area is 106 Å². The molecule has 3 nitrogen and oxygen atoms in total. The van der Waals surface area contributed by atoms with E-state index in [1.165, 1.54) is 16.2 Å². The highest BCUT2D eigenvalue weighted by Gasteiger charge is 2.42. The highest BCUT2D eigenvalue weighted by atomic mass is 32.1. The summed E-state index contributed by atoms with van der Waals surface area (Å²) in [4.78, 5) is 4.98. The Morgan fingerprint density at radius 3 is 2.71 bits per heavy atom. The van der Waals surface area contributed by atoms with Gasteiger partial charge in [-0.2, -0.15) is 13.2 Å². The van der Waals surface area contributed by atoms with Crippen LogP contribution in [0.4, 0.5) is 13.2 Å². The number of nitrogens with two attached hydrogens (primary N) is 1. The predicted molar refractivity (Wildman–Crippen MR) is 64.8 cm³/mol. The van der Waals surface area contributed by atoms with Crippen molar-refractivity contribution in [2.75, 3.05) is 13.6 Å². The van der Waals surface area contributed by atoms with Crippen LogP contribution in [0.2, 0.25) is 0 Å². The lowest BCUT2D eigenvalue weighted by atomic mass is 10.1. The number of rotatable bonds is 5. The monoisotopic (exact) mass is 283 g/mol. The maximum Gasteiger partial charge on any atom is 0.399 e. The topological polar surface area (TPSA) is 42.2 Å². The minimum absolute atomic E-state index is 0.254. The molecule has 0 saturated heterocycles. The second-order valence-corrected chi connectivity index (χ2v) is 4.86. The van der Waals surface area contributed by atoms with E-state index in [1.807, 2.05) is 0 Å². The van der Waals surface area contributed by atoms with Crippen LogP contribution in [-0.2, 0) is 6.54 Å². The van der Waals surface area contributed by atoms with Gasteiger partial charge in [-0.15, -0.1) is 11.3 Å². The largest absolute Gasteiger partial charge is 0.399 e. The van der Waals surface area contributed by atoms with Gasteiger partial charge in [0, 0.05) is 18.5 Å². The first-order chi connectivity index (χ1) is 7.80. The number of hydrogen-bond acceptors (Lipinski definition) is 4. The molecule has 1 unspecified atom stereocenters. The number of thiocarbonyl (C=S) groups is 1. The van der Waals surface area contributed by atoms with E-state index in [1.54, 1.807) is 17.9 Å². The summed E-state index contributed by atoms with van der Waals surface area (Å²) in [5, 5.41) is 1.79. The normalized spacial score (nSPS) is 13.9. The first-order valence-corrected chi connectivity index (χ1v) is 6.07. The molecule has 0 aliphatic heterocycles. The van der Waals surface area contributed by atoms with Gasteiger partial charge in [-0.25, -0.2) is 4.98 Å². The van der Waals surface area contributed by atoms with Gasteiger partial charge in [0.2, 0.25) is 0 Å². The fourth-order valence-electron chi connectivity index (χ4n) is 1.32. The third-order valence-electron chi connectivity index (χ3n) is 2.15. The molecule has 0 aliphatic rings. The standard InChI is InChI=1S/C9H12F3N3S2/c1-15(2-6-4-17-5-14-6)3-7(8(13)16)9(10,11)12/h4-5,7H,2-3H2,1H3,(H2,13,16). The van der Waals surface area contributed by atoms with Gasteiger partial charge in [0.1, 0.15) is 5.92 Å². The van der Waals surface area contributed by atoms with Crippen molar-refractivity contribution >= 4 is 28.5 Å². The number of thiazole rings is 1. The Balaban J connectivity index is 2.59. The van der Waals surface area contributed by atoms with Crippen LogP contribution in [0.3, 0.4) is 0 Å². The minimum atomic E-state index is -4.40. The highest BCUT2D eigenvalue weighted by molar-refractivity contribution is 7.80. The number of aromatic nitrogens is 1. The Morgan fingerprint density at radius 1 is 1.65 bits per heavy atom. The molecule has 2 N–H and O–H groups in total. The summed E-state index contributed by atoms with van der Waals surface area (Å²) < 4.78 is 37.8. The van der Waals surface area contributed by atoms with Gasteiger partial charge in [-0.05, 0) is 7.05 Å². The zero-order valence-corrected chi connectivity index (χ0v) is 10.7. The Bertz CT molecular complexity index is 364. The van der Waals surface area contributed by atoms with Crippen molar-refractivity contribution in [1.29, 1.82) is 0 Å². The summed E-state index contributed by atoms with van der Waals surface area (Å²) in [6.07, 6.45) is -4.40. The summed E-state index contributed by atoms with van der Waals surface area (Å²) in [6, 6.07) is 0. The van der Waals surface area contributed by atoms with E-state index in [0.717, 1.165) is 5.69 Å². The van der Waals surface area contributed by atoms with Crippen molar-refractivity contribution in [2.45, 2.75) is 12.7 Å². The summed E-state index contributed by atoms with van der Waals surface area (Å²) in [5.74, 6) is -1.78. The van der Waals surface area contributed by atoms with E-state index in [-0.39, 0.29) is 6.54 Å². The summed E-state index contributed by atoms with van der Waals surface area (Å²) in [7, 11) is 1.58. The van der Waals surface area contributed by atoms with Crippen LogP contribution in [0.5, 0.6) is 0 Å². The minimum Gasteiger partial charge on any atom is -0.393 e. The Kier molecular flexibility index (Phi) is 4.84. The molecule has 8 heteroatoms. The van der Waals surface area contributed by atoms with Crippen molar-refractivity contribution in [2.24, 2.45) is 11.7 Å². The molecule has 0 bridgehead atoms. The third-order valence-corrected chi connectivity index (χ3v) is 3.07. The fraction of sp³-hybridized carbons (Fsp3) is 0.556. The molecular weight excluding hydrogens is 271 g/mol. The lowest BCUT2D eigenvalue weighted by Crippen LogP contribution is -2.42. The van der Waals surface area contributed by atoms with Crippen molar-refractivity contribution in [3.63, 3.8) is 0 Å². The second kappa shape index (κ2) is 5.74. The zero-order chi connectivity index (χ0) is 13.1. The molecule has 0 radical (unpaired) electrons. The van der Waals surface area contributed by atoms with E-state index < -0.39 is 17.1 Å². The number of alkyl halides is 3. The van der Waals surface area contributed by atoms with E-state index in [4.69, 9.17) is 5.73 Å². The molecule has 17 heavy (non-hydrogen) atoms. The van der Waals surface area contributed by atoms with Gasteiger partial charge in [-0.3, -0.25) is 4.90 Å². The quantitative estimate of drug-likeness (QED) is 0.840. The van der Waals surface area contributed by atoms with Crippen LogP contribution in [0.1, 0.15) is 5.69 Å². The number of halogens is 3. The highest BCUT2D eigenvalue weighted by Crippen LogP contribution is 2.27. The molecule has 0 amide bonds. The number of hydrogen-bond donors (Lipinski definition) is 1. The van der Waals surface area contributed by atoms with Crippen LogP contribution in [-0.4, -0.2) is 34.6 Å². The molecule has 0 spiro atoms. The summed E-state index contributed by atoms with van der Waals surface area (Å²) >= 11 is 5.85. The molecule has 1 aromatic rings. The average molecular weight is 283 g/mol. The van der Waals surface area contributed by atoms with Gasteiger partial charge in [0.15, 0.2) is 0 Å². The first kappa shape index (κ1) is 14.3. The lowest BCUT2D eigenvalue weighted by Gasteiger charge is -2.24. The Hall–Kier alpha value is -0.730. The van der Waals surface area contributed by atoms with Crippen LogP contribution >= 0.6 is 23.6 Å². The molecule has 0 saturated carbocycles. The van der Waals surface area contributed by atoms with Crippen molar-refractivity contribution in [1.82, 2.24) is 9.88 Å². The van der Waals surface area contributed by atoms with Crippen LogP contribution in [0, 0.1) is 5.92 Å². The molecule has 96 valence electrons. The number of nitrogens with zero attached hydrogens (tertiary/aromatic N) is 2. The Morgan fingerprint density at radius 2 is 2.29 bits per heavy atom. The van der Waals surface area contributed by atoms with Crippen molar-refractivity contribution in [3.05, 3.63) is 16.6 Å². The second-order valence-electron chi connectivity index (χ2n) is 3.67. The molecule has 1 rings (SSSR count). The lowest BCUT2D eigenvalue weighted by molar-refractivity contribution is -0.158. The molecule has 1 atom stereocenters. The maximum atomic E-state index is 12.6. The first-order valence-electron chi connectivity index (χ1n) is 4.72. The van der Waals surface area contributed by atoms with Crippen molar-refractivity contribution in [3.8, 4) is 0 Å². The van der Waals surface area contributed by atoms with Crippen LogP contribution in [0.25, 0.3) is 0 Å². The zero-order valence-electron chi connectivity index (χ0n) is 9.07. The molecule has 0 aliphatic carbocycles. The van der Waals surface area contributed by atoms with Gasteiger partial charge < -0.3 is 5.73 Å². The molecular formula is C9H12F3N3S2. The molecule has 1 aromatic heterocycles. The SMILES string of the molecule is CN(Cc1cscn1)CC(C(N)=S)C(F)(F)F. The van der Waals surface area contributed by atoms with Gasteiger partial charge in [0.05, 0.1) is 16.2 Å². The van der Waals surface area contributed by atoms with E-state index in [2.05, 4.69) is 17.2 Å². The third kappa shape index (κ3) is 4.57. The summed E-state index contributed by atoms with van der Waals surface area (Å²) in [5.41, 5.74) is 7.49. The van der Waals surface area contributed by atoms with E-state index >= 15 is 0 Å². The van der Waals surface area contributed by atoms with Gasteiger partial charge >= 0.3 is 6.18 Å². The van der Waals surface area contributed by atoms with Crippen LogP contribution < -0.4 is 5.73 Å². The van der Waals surface area contributed by atoms with Crippen LogP contribution in [0.15, 0.2) is 10.9 Å². The average Bonchev–Trinajstić information content (AvgIpc) is 2.64. The predicted octanol–water partition coefficient (Wildman–Crippen LogP) is 2.04. The van der Waals surface area contributed by atoms with E-state index in [0.29, 0.717) is 6.54 Å². The van der Waals surface area contributed by atoms with Gasteiger partial charge in [-0.1, -0.05) is 12.2 Å². The molecule has 0 aromatic carbocycles. The fourth-order valence-corrected chi connectivity index (χ4v) is 2.08. The maximum absolute atomic E-state index is 12.6. The smallest absolute Gasteiger partial charge is 0.393 e. The molecule has 0 fully saturated rings. The van der Waals surface area contributed by atoms with E-state index in [9.17, 15) is 13.2 Å².